The molecule has 1 saturated carbocycles. The fraction of sp³-hybridized carbons (Fsp3) is 0.545. The first-order valence-corrected chi connectivity index (χ1v) is 11.1. The van der Waals surface area contributed by atoms with E-state index >= 15 is 0 Å². The van der Waals surface area contributed by atoms with Crippen molar-refractivity contribution in [3.63, 3.8) is 0 Å². The number of hydrogen-bond acceptors (Lipinski definition) is 7. The van der Waals surface area contributed by atoms with Gasteiger partial charge in [0.25, 0.3) is 0 Å². The third kappa shape index (κ3) is 2.52. The van der Waals surface area contributed by atoms with Gasteiger partial charge in [-0.3, -0.25) is 19.7 Å². The number of nitrogens with zero attached hydrogens (tertiary/aromatic N) is 2. The van der Waals surface area contributed by atoms with Crippen LogP contribution in [0.2, 0.25) is 5.02 Å². The molecule has 6 rings (SSSR count). The highest BCUT2D eigenvalue weighted by Gasteiger charge is 2.62. The van der Waals surface area contributed by atoms with Crippen LogP contribution in [0.5, 0.6) is 0 Å². The smallest absolute Gasteiger partial charge is 0.242 e. The summed E-state index contributed by atoms with van der Waals surface area (Å²) < 4.78 is 11.7. The van der Waals surface area contributed by atoms with Gasteiger partial charge in [0.05, 0.1) is 36.1 Å². The van der Waals surface area contributed by atoms with Crippen LogP contribution in [0.3, 0.4) is 0 Å². The van der Waals surface area contributed by atoms with Gasteiger partial charge in [-0.2, -0.15) is 0 Å². The fourth-order valence-corrected chi connectivity index (χ4v) is 6.18. The molecular formula is C22H22ClN3O5. The Balaban J connectivity index is 1.61. The summed E-state index contributed by atoms with van der Waals surface area (Å²) in [6.45, 7) is 4.28. The van der Waals surface area contributed by atoms with Crippen LogP contribution in [0.25, 0.3) is 11.0 Å². The van der Waals surface area contributed by atoms with Gasteiger partial charge >= 0.3 is 0 Å². The fourth-order valence-electron chi connectivity index (χ4n) is 5.82. The molecule has 9 heteroatoms. The lowest BCUT2D eigenvalue weighted by Gasteiger charge is -2.55. The number of morpholine rings is 1. The molecule has 2 amide bonds. The first-order valence-electron chi connectivity index (χ1n) is 10.7. The summed E-state index contributed by atoms with van der Waals surface area (Å²) in [4.78, 5) is 40.6. The molecule has 8 nitrogen and oxygen atoms in total. The number of amides is 2. The number of imide groups is 1. The van der Waals surface area contributed by atoms with Crippen LogP contribution in [-0.4, -0.2) is 47.5 Å². The maximum absolute atomic E-state index is 13.3. The highest BCUT2D eigenvalue weighted by molar-refractivity contribution is 6.38. The first-order chi connectivity index (χ1) is 14.8. The maximum atomic E-state index is 13.3. The Morgan fingerprint density at radius 2 is 2.03 bits per heavy atom. The van der Waals surface area contributed by atoms with Crippen molar-refractivity contribution in [1.29, 1.82) is 0 Å². The molecule has 31 heavy (non-hydrogen) atoms. The average molecular weight is 444 g/mol. The number of Topliss-reactive ketones (excluding diaryl/α,β-unsaturated/α-hetero) is 1. The molecule has 3 fully saturated rings. The second kappa shape index (κ2) is 6.29. The van der Waals surface area contributed by atoms with Crippen molar-refractivity contribution in [3.8, 4) is 0 Å². The molecule has 3 aliphatic heterocycles. The number of aromatic nitrogens is 1. The molecule has 1 N–H and O–H groups in total. The van der Waals surface area contributed by atoms with Crippen LogP contribution in [0.1, 0.15) is 50.3 Å². The van der Waals surface area contributed by atoms with Gasteiger partial charge in [0, 0.05) is 17.8 Å². The van der Waals surface area contributed by atoms with Crippen LogP contribution in [0.4, 0.5) is 5.69 Å². The van der Waals surface area contributed by atoms with Crippen LogP contribution in [-0.2, 0) is 25.5 Å². The predicted molar refractivity (Wildman–Crippen MR) is 111 cm³/mol. The normalized spacial score (nSPS) is 32.9. The third-order valence-electron chi connectivity index (χ3n) is 7.17. The lowest BCUT2D eigenvalue weighted by atomic mass is 9.63. The molecule has 4 heterocycles. The Morgan fingerprint density at radius 1 is 1.26 bits per heavy atom. The van der Waals surface area contributed by atoms with E-state index in [1.54, 1.807) is 0 Å². The highest BCUT2D eigenvalue weighted by atomic mass is 35.5. The van der Waals surface area contributed by atoms with Crippen molar-refractivity contribution in [2.45, 2.75) is 63.7 Å². The Kier molecular flexibility index (Phi) is 3.91. The van der Waals surface area contributed by atoms with Crippen LogP contribution in [0.15, 0.2) is 10.6 Å². The van der Waals surface area contributed by atoms with E-state index in [2.05, 4.69) is 10.5 Å². The summed E-state index contributed by atoms with van der Waals surface area (Å²) >= 11 is 6.88. The molecule has 1 spiro atoms. The quantitative estimate of drug-likeness (QED) is 0.533. The molecule has 0 bridgehead atoms. The van der Waals surface area contributed by atoms with Crippen molar-refractivity contribution in [2.75, 3.05) is 11.4 Å². The van der Waals surface area contributed by atoms with Crippen molar-refractivity contribution < 1.29 is 23.6 Å². The predicted octanol–water partition coefficient (Wildman–Crippen LogP) is 2.50. The van der Waals surface area contributed by atoms with Crippen molar-refractivity contribution in [1.82, 2.24) is 10.5 Å². The van der Waals surface area contributed by atoms with E-state index in [-0.39, 0.29) is 24.7 Å². The highest BCUT2D eigenvalue weighted by Crippen LogP contribution is 2.53. The number of hydrogen-bond donors (Lipinski definition) is 1. The summed E-state index contributed by atoms with van der Waals surface area (Å²) in [5.41, 5.74) is 1.59. The average Bonchev–Trinajstić information content (AvgIpc) is 3.44. The lowest BCUT2D eigenvalue weighted by Crippen LogP contribution is -2.72. The Hall–Kier alpha value is -2.45. The zero-order valence-corrected chi connectivity index (χ0v) is 18.0. The monoisotopic (exact) mass is 443 g/mol. The summed E-state index contributed by atoms with van der Waals surface area (Å²) in [5.74, 6) is -1.11. The zero-order chi connectivity index (χ0) is 21.7. The molecule has 1 aromatic carbocycles. The van der Waals surface area contributed by atoms with Crippen molar-refractivity contribution in [3.05, 3.63) is 22.3 Å². The molecule has 1 unspecified atom stereocenters. The molecule has 2 saturated heterocycles. The summed E-state index contributed by atoms with van der Waals surface area (Å²) in [7, 11) is 0. The van der Waals surface area contributed by atoms with Gasteiger partial charge in [0.1, 0.15) is 10.4 Å². The SMILES string of the molecule is C[C@@H]1CN2c3c(cc4c(C5CC5)noc4c3Cl)CC3(C(=O)CC(=O)NC3=O)[C@H]2[C@H](C)O1. The summed E-state index contributed by atoms with van der Waals surface area (Å²) in [6.07, 6.45) is 1.43. The lowest BCUT2D eigenvalue weighted by molar-refractivity contribution is -0.158. The van der Waals surface area contributed by atoms with Crippen LogP contribution < -0.4 is 10.2 Å². The van der Waals surface area contributed by atoms with Gasteiger partial charge in [0.2, 0.25) is 11.8 Å². The molecule has 1 aliphatic carbocycles. The molecular weight excluding hydrogens is 422 g/mol. The van der Waals surface area contributed by atoms with Crippen molar-refractivity contribution in [2.24, 2.45) is 5.41 Å². The van der Waals surface area contributed by atoms with Crippen LogP contribution >= 0.6 is 11.6 Å². The van der Waals surface area contributed by atoms with Gasteiger partial charge in [-0.15, -0.1) is 0 Å². The second-order valence-corrected chi connectivity index (χ2v) is 9.67. The van der Waals surface area contributed by atoms with Gasteiger partial charge in [-0.1, -0.05) is 16.8 Å². The standard InChI is InChI=1S/C22H22ClN3O5/c1-9-8-26-18-12(5-13-17(11-3-4-11)25-31-19(13)16(18)23)7-22(20(26)10(2)30-9)14(27)6-15(28)24-21(22)29/h5,9-11,20H,3-4,6-8H2,1-2H3,(H,24,28,29)/t9-,10+,20-,22?/m1/s1. The number of rotatable bonds is 1. The maximum Gasteiger partial charge on any atom is 0.242 e. The number of halogens is 1. The van der Waals surface area contributed by atoms with E-state index in [0.717, 1.165) is 35.2 Å². The first kappa shape index (κ1) is 19.3. The molecule has 4 aliphatic rings. The van der Waals surface area contributed by atoms with E-state index in [1.165, 1.54) is 0 Å². The number of benzene rings is 1. The van der Waals surface area contributed by atoms with E-state index < -0.39 is 29.4 Å². The topological polar surface area (TPSA) is 102 Å². The van der Waals surface area contributed by atoms with Gasteiger partial charge in [-0.05, 0) is 44.7 Å². The molecule has 162 valence electrons. The molecule has 1 aromatic heterocycles. The number of carbonyl (C=O) groups excluding carboxylic acids is 3. The number of ketones is 1. The molecule has 4 atom stereocenters. The number of ether oxygens (including phenoxy) is 1. The van der Waals surface area contributed by atoms with E-state index in [4.69, 9.17) is 20.9 Å². The number of carbonyl (C=O) groups is 3. The summed E-state index contributed by atoms with van der Waals surface area (Å²) in [5, 5.41) is 7.97. The number of anilines is 1. The van der Waals surface area contributed by atoms with Gasteiger partial charge in [0.15, 0.2) is 11.4 Å². The minimum Gasteiger partial charge on any atom is -0.372 e. The number of piperidine rings is 1. The Labute approximate surface area is 183 Å². The Bertz CT molecular complexity index is 1150. The Morgan fingerprint density at radius 3 is 2.74 bits per heavy atom. The second-order valence-electron chi connectivity index (χ2n) is 9.29. The van der Waals surface area contributed by atoms with Gasteiger partial charge in [-0.25, -0.2) is 0 Å². The van der Waals surface area contributed by atoms with E-state index in [0.29, 0.717) is 23.1 Å². The minimum absolute atomic E-state index is 0.124. The van der Waals surface area contributed by atoms with Gasteiger partial charge < -0.3 is 14.2 Å². The van der Waals surface area contributed by atoms with E-state index in [9.17, 15) is 14.4 Å². The van der Waals surface area contributed by atoms with E-state index in [1.807, 2.05) is 24.8 Å². The van der Waals surface area contributed by atoms with Crippen LogP contribution in [0, 0.1) is 5.41 Å². The molecule has 2 aromatic rings. The third-order valence-corrected chi connectivity index (χ3v) is 7.52. The zero-order valence-electron chi connectivity index (χ0n) is 17.2. The van der Waals surface area contributed by atoms with Crippen molar-refractivity contribution >= 4 is 45.9 Å². The largest absolute Gasteiger partial charge is 0.372 e. The summed E-state index contributed by atoms with van der Waals surface area (Å²) in [6, 6.07) is 1.40. The number of nitrogens with one attached hydrogen (secondary N) is 1. The molecule has 0 radical (unpaired) electrons. The number of fused-ring (bicyclic) bond motifs is 5. The minimum atomic E-state index is -1.41.